The summed E-state index contributed by atoms with van der Waals surface area (Å²) in [5, 5.41) is 19.6. The smallest absolute Gasteiger partial charge is 0.326 e. The second-order valence-corrected chi connectivity index (χ2v) is 4.17. The molecule has 0 aliphatic rings. The number of nitrogens with one attached hydrogen (secondary N) is 1. The highest BCUT2D eigenvalue weighted by Gasteiger charge is 2.24. The molecule has 19 heavy (non-hydrogen) atoms. The van der Waals surface area contributed by atoms with Gasteiger partial charge < -0.3 is 15.5 Å². The number of pyridine rings is 1. The Morgan fingerprint density at radius 1 is 1.42 bits per heavy atom. The lowest BCUT2D eigenvalue weighted by molar-refractivity contribution is -0.145. The van der Waals surface area contributed by atoms with Crippen molar-refractivity contribution >= 4 is 29.4 Å². The maximum atomic E-state index is 11.8. The maximum absolute atomic E-state index is 11.8. The molecule has 0 aliphatic heterocycles. The third-order valence-electron chi connectivity index (χ3n) is 2.22. The van der Waals surface area contributed by atoms with E-state index in [1.165, 1.54) is 12.3 Å². The zero-order chi connectivity index (χ0) is 14.6. The first-order valence-corrected chi connectivity index (χ1v) is 5.56. The number of rotatable bonds is 5. The molecule has 0 bridgehead atoms. The Kier molecular flexibility index (Phi) is 4.82. The zero-order valence-corrected chi connectivity index (χ0v) is 10.6. The van der Waals surface area contributed by atoms with Crippen LogP contribution in [-0.4, -0.2) is 39.1 Å². The maximum Gasteiger partial charge on any atom is 0.326 e. The van der Waals surface area contributed by atoms with Crippen LogP contribution in [0.5, 0.6) is 0 Å². The van der Waals surface area contributed by atoms with Gasteiger partial charge in [-0.25, -0.2) is 4.79 Å². The van der Waals surface area contributed by atoms with Crippen molar-refractivity contribution in [2.45, 2.75) is 19.4 Å². The topological polar surface area (TPSA) is 117 Å². The number of hydrogen-bond donors (Lipinski definition) is 3. The quantitative estimate of drug-likeness (QED) is 0.733. The van der Waals surface area contributed by atoms with Crippen molar-refractivity contribution in [1.82, 2.24) is 10.3 Å². The fourth-order valence-electron chi connectivity index (χ4n) is 1.30. The van der Waals surface area contributed by atoms with Crippen molar-refractivity contribution in [3.05, 3.63) is 28.5 Å². The van der Waals surface area contributed by atoms with Crippen LogP contribution in [0.2, 0.25) is 5.02 Å². The summed E-state index contributed by atoms with van der Waals surface area (Å²) < 4.78 is 0. The van der Waals surface area contributed by atoms with Crippen molar-refractivity contribution < 1.29 is 24.6 Å². The number of carbonyl (C=O) groups excluding carboxylic acids is 1. The van der Waals surface area contributed by atoms with Crippen LogP contribution >= 0.6 is 11.6 Å². The summed E-state index contributed by atoms with van der Waals surface area (Å²) in [5.74, 6) is -3.56. The van der Waals surface area contributed by atoms with Gasteiger partial charge in [0.05, 0.1) is 17.0 Å². The van der Waals surface area contributed by atoms with E-state index in [1.807, 2.05) is 0 Å². The Morgan fingerprint density at radius 2 is 2.05 bits per heavy atom. The number of aryl methyl sites for hydroxylation is 1. The predicted octanol–water partition coefficient (Wildman–Crippen LogP) is 0.701. The number of amides is 1. The van der Waals surface area contributed by atoms with Crippen LogP contribution in [0, 0.1) is 6.92 Å². The summed E-state index contributed by atoms with van der Waals surface area (Å²) in [6.07, 6.45) is 0.477. The summed E-state index contributed by atoms with van der Waals surface area (Å²) in [7, 11) is 0. The molecule has 0 saturated heterocycles. The van der Waals surface area contributed by atoms with E-state index in [4.69, 9.17) is 21.8 Å². The first kappa shape index (κ1) is 14.9. The summed E-state index contributed by atoms with van der Waals surface area (Å²) in [6.45, 7) is 1.68. The van der Waals surface area contributed by atoms with Crippen molar-refractivity contribution in [3.8, 4) is 0 Å². The molecule has 8 heteroatoms. The molecular weight excluding hydrogens is 276 g/mol. The molecular formula is C11H11ClN2O5. The molecule has 0 aliphatic carbocycles. The average Bonchev–Trinajstić information content (AvgIpc) is 2.26. The lowest BCUT2D eigenvalue weighted by Crippen LogP contribution is -2.42. The Balaban J connectivity index is 2.87. The normalized spacial score (nSPS) is 11.7. The van der Waals surface area contributed by atoms with Gasteiger partial charge in [-0.1, -0.05) is 11.6 Å². The fourth-order valence-corrected chi connectivity index (χ4v) is 1.60. The molecule has 7 nitrogen and oxygen atoms in total. The monoisotopic (exact) mass is 286 g/mol. The van der Waals surface area contributed by atoms with Crippen molar-refractivity contribution in [2.24, 2.45) is 0 Å². The van der Waals surface area contributed by atoms with Crippen molar-refractivity contribution in [2.75, 3.05) is 0 Å². The molecule has 1 aromatic heterocycles. The lowest BCUT2D eigenvalue weighted by atomic mass is 10.2. The Labute approximate surface area is 113 Å². The number of aliphatic carboxylic acids is 2. The highest BCUT2D eigenvalue weighted by molar-refractivity contribution is 6.33. The van der Waals surface area contributed by atoms with Crippen LogP contribution in [0.3, 0.4) is 0 Å². The highest BCUT2D eigenvalue weighted by Crippen LogP contribution is 2.15. The standard InChI is InChI=1S/C11H11ClN2O5/c1-5-2-7(12)6(4-13-5)10(17)14-8(11(18)19)3-9(15)16/h2,4,8H,3H2,1H3,(H,14,17)(H,15,16)(H,18,19). The van der Waals surface area contributed by atoms with Crippen LogP contribution in [0.4, 0.5) is 0 Å². The highest BCUT2D eigenvalue weighted by atomic mass is 35.5. The summed E-state index contributed by atoms with van der Waals surface area (Å²) in [5.41, 5.74) is 0.589. The number of carboxylic acid groups (broad SMARTS) is 2. The summed E-state index contributed by atoms with van der Waals surface area (Å²) in [6, 6.07) is -0.0777. The van der Waals surface area contributed by atoms with Gasteiger partial charge in [-0.2, -0.15) is 0 Å². The van der Waals surface area contributed by atoms with E-state index in [0.717, 1.165) is 0 Å². The number of carboxylic acids is 2. The molecule has 102 valence electrons. The number of nitrogens with zero attached hydrogens (tertiary/aromatic N) is 1. The van der Waals surface area contributed by atoms with Gasteiger partial charge in [0, 0.05) is 11.9 Å². The van der Waals surface area contributed by atoms with Gasteiger partial charge in [-0.05, 0) is 13.0 Å². The molecule has 0 aromatic carbocycles. The van der Waals surface area contributed by atoms with E-state index >= 15 is 0 Å². The van der Waals surface area contributed by atoms with Gasteiger partial charge in [0.2, 0.25) is 0 Å². The van der Waals surface area contributed by atoms with Gasteiger partial charge in [-0.3, -0.25) is 14.6 Å². The second kappa shape index (κ2) is 6.14. The van der Waals surface area contributed by atoms with Crippen LogP contribution in [0.15, 0.2) is 12.3 Å². The van der Waals surface area contributed by atoms with Gasteiger partial charge in [-0.15, -0.1) is 0 Å². The second-order valence-electron chi connectivity index (χ2n) is 3.77. The van der Waals surface area contributed by atoms with E-state index in [1.54, 1.807) is 6.92 Å². The van der Waals surface area contributed by atoms with Crippen LogP contribution < -0.4 is 5.32 Å². The van der Waals surface area contributed by atoms with Crippen LogP contribution in [0.25, 0.3) is 0 Å². The first-order chi connectivity index (χ1) is 8.81. The van der Waals surface area contributed by atoms with E-state index < -0.39 is 30.3 Å². The minimum absolute atomic E-state index is 0.0103. The average molecular weight is 287 g/mol. The summed E-state index contributed by atoms with van der Waals surface area (Å²) >= 11 is 5.83. The lowest BCUT2D eigenvalue weighted by Gasteiger charge is -2.13. The molecule has 0 spiro atoms. The molecule has 1 aromatic rings. The number of hydrogen-bond acceptors (Lipinski definition) is 4. The van der Waals surface area contributed by atoms with Crippen LogP contribution in [0.1, 0.15) is 22.5 Å². The van der Waals surface area contributed by atoms with E-state index in [9.17, 15) is 14.4 Å². The van der Waals surface area contributed by atoms with Crippen molar-refractivity contribution in [3.63, 3.8) is 0 Å². The third-order valence-corrected chi connectivity index (χ3v) is 2.53. The zero-order valence-electron chi connectivity index (χ0n) is 9.88. The van der Waals surface area contributed by atoms with E-state index in [2.05, 4.69) is 10.3 Å². The van der Waals surface area contributed by atoms with Gasteiger partial charge >= 0.3 is 11.9 Å². The molecule has 1 unspecified atom stereocenters. The van der Waals surface area contributed by atoms with Gasteiger partial charge in [0.15, 0.2) is 0 Å². The predicted molar refractivity (Wildman–Crippen MR) is 65.1 cm³/mol. The number of halogens is 1. The minimum atomic E-state index is -1.53. The Morgan fingerprint density at radius 3 is 2.53 bits per heavy atom. The molecule has 0 radical (unpaired) electrons. The number of carbonyl (C=O) groups is 3. The summed E-state index contributed by atoms with van der Waals surface area (Å²) in [4.78, 5) is 37.0. The Bertz CT molecular complexity index is 532. The SMILES string of the molecule is Cc1cc(Cl)c(C(=O)NC(CC(=O)O)C(=O)O)cn1. The van der Waals surface area contributed by atoms with Gasteiger partial charge in [0.1, 0.15) is 6.04 Å². The molecule has 1 heterocycles. The largest absolute Gasteiger partial charge is 0.481 e. The molecule has 1 rings (SSSR count). The first-order valence-electron chi connectivity index (χ1n) is 5.19. The minimum Gasteiger partial charge on any atom is -0.481 e. The van der Waals surface area contributed by atoms with E-state index in [0.29, 0.717) is 5.69 Å². The van der Waals surface area contributed by atoms with Gasteiger partial charge in [0.25, 0.3) is 5.91 Å². The molecule has 1 atom stereocenters. The fraction of sp³-hybridized carbons (Fsp3) is 0.273. The van der Waals surface area contributed by atoms with Crippen LogP contribution in [-0.2, 0) is 9.59 Å². The molecule has 1 amide bonds. The molecule has 3 N–H and O–H groups in total. The van der Waals surface area contributed by atoms with E-state index in [-0.39, 0.29) is 10.6 Å². The number of aromatic nitrogens is 1. The Hall–Kier alpha value is -2.15. The third kappa shape index (κ3) is 4.22. The van der Waals surface area contributed by atoms with Crippen molar-refractivity contribution in [1.29, 1.82) is 0 Å². The molecule has 0 fully saturated rings. The molecule has 0 saturated carbocycles.